The van der Waals surface area contributed by atoms with Crippen molar-refractivity contribution in [1.29, 1.82) is 0 Å². The average Bonchev–Trinajstić information content (AvgIpc) is 2.15. The van der Waals surface area contributed by atoms with Gasteiger partial charge in [-0.3, -0.25) is 4.79 Å². The molecule has 1 aliphatic carbocycles. The lowest BCUT2D eigenvalue weighted by molar-refractivity contribution is -0.166. The van der Waals surface area contributed by atoms with E-state index < -0.39 is 17.2 Å². The quantitative estimate of drug-likeness (QED) is 0.759. The van der Waals surface area contributed by atoms with Gasteiger partial charge in [-0.15, -0.1) is 0 Å². The highest BCUT2D eigenvalue weighted by Crippen LogP contribution is 2.36. The standard InChI is InChI=1S/C12H19FO4/c1-11(2,3)17-9(14)8-4-6-12(13,7-5-8)10(15)16/h8H,4-7H2,1-3H3,(H,15,16). The van der Waals surface area contributed by atoms with Gasteiger partial charge in [-0.25, -0.2) is 9.18 Å². The predicted molar refractivity (Wildman–Crippen MR) is 59.3 cm³/mol. The van der Waals surface area contributed by atoms with E-state index in [-0.39, 0.29) is 37.6 Å². The maximum atomic E-state index is 13.7. The number of esters is 1. The molecule has 0 aliphatic heterocycles. The van der Waals surface area contributed by atoms with Crippen molar-refractivity contribution in [3.8, 4) is 0 Å². The van der Waals surface area contributed by atoms with Gasteiger partial charge >= 0.3 is 11.9 Å². The van der Waals surface area contributed by atoms with Crippen LogP contribution in [0.2, 0.25) is 0 Å². The molecular formula is C12H19FO4. The number of carboxylic acids is 1. The molecule has 0 bridgehead atoms. The number of hydrogen-bond acceptors (Lipinski definition) is 3. The molecule has 4 nitrogen and oxygen atoms in total. The third kappa shape index (κ3) is 3.68. The monoisotopic (exact) mass is 246 g/mol. The summed E-state index contributed by atoms with van der Waals surface area (Å²) in [5, 5.41) is 8.72. The molecule has 0 spiro atoms. The Bertz CT molecular complexity index is 311. The normalized spacial score (nSPS) is 29.8. The van der Waals surface area contributed by atoms with Crippen LogP contribution in [-0.2, 0) is 14.3 Å². The van der Waals surface area contributed by atoms with Crippen LogP contribution in [0, 0.1) is 5.92 Å². The van der Waals surface area contributed by atoms with Crippen molar-refractivity contribution in [2.75, 3.05) is 0 Å². The Morgan fingerprint density at radius 2 is 1.76 bits per heavy atom. The number of halogens is 1. The van der Waals surface area contributed by atoms with Gasteiger partial charge in [-0.1, -0.05) is 0 Å². The van der Waals surface area contributed by atoms with Crippen LogP contribution < -0.4 is 0 Å². The minimum absolute atomic E-state index is 0.119. The highest BCUT2D eigenvalue weighted by atomic mass is 19.1. The van der Waals surface area contributed by atoms with E-state index in [4.69, 9.17) is 9.84 Å². The largest absolute Gasteiger partial charge is 0.479 e. The number of carbonyl (C=O) groups is 2. The molecule has 98 valence electrons. The molecule has 0 unspecified atom stereocenters. The molecule has 0 radical (unpaired) electrons. The van der Waals surface area contributed by atoms with Crippen molar-refractivity contribution in [2.24, 2.45) is 5.92 Å². The van der Waals surface area contributed by atoms with Crippen molar-refractivity contribution in [3.63, 3.8) is 0 Å². The molecule has 1 N–H and O–H groups in total. The summed E-state index contributed by atoms with van der Waals surface area (Å²) < 4.78 is 18.9. The smallest absolute Gasteiger partial charge is 0.341 e. The van der Waals surface area contributed by atoms with Crippen LogP contribution in [0.15, 0.2) is 0 Å². The lowest BCUT2D eigenvalue weighted by atomic mass is 9.80. The van der Waals surface area contributed by atoms with Crippen molar-refractivity contribution >= 4 is 11.9 Å². The van der Waals surface area contributed by atoms with Crippen LogP contribution in [0.1, 0.15) is 46.5 Å². The zero-order valence-corrected chi connectivity index (χ0v) is 10.5. The second kappa shape index (κ2) is 4.63. The van der Waals surface area contributed by atoms with E-state index in [1.807, 2.05) is 0 Å². The van der Waals surface area contributed by atoms with Crippen LogP contribution in [0.25, 0.3) is 0 Å². The van der Waals surface area contributed by atoms with E-state index in [2.05, 4.69) is 0 Å². The molecule has 1 fully saturated rings. The molecule has 0 saturated heterocycles. The Morgan fingerprint density at radius 1 is 1.29 bits per heavy atom. The average molecular weight is 246 g/mol. The van der Waals surface area contributed by atoms with Gasteiger partial charge in [0.15, 0.2) is 0 Å². The molecular weight excluding hydrogens is 227 g/mol. The number of alkyl halides is 1. The highest BCUT2D eigenvalue weighted by molar-refractivity contribution is 5.78. The summed E-state index contributed by atoms with van der Waals surface area (Å²) in [6.07, 6.45) is 0.230. The van der Waals surface area contributed by atoms with Gasteiger partial charge in [0.1, 0.15) is 5.60 Å². The first-order valence-corrected chi connectivity index (χ1v) is 5.79. The van der Waals surface area contributed by atoms with E-state index in [1.54, 1.807) is 20.8 Å². The molecule has 0 aromatic carbocycles. The van der Waals surface area contributed by atoms with Crippen LogP contribution in [0.3, 0.4) is 0 Å². The molecule has 1 rings (SSSR count). The minimum atomic E-state index is -2.17. The minimum Gasteiger partial charge on any atom is -0.479 e. The molecule has 0 amide bonds. The van der Waals surface area contributed by atoms with E-state index in [0.717, 1.165) is 0 Å². The maximum Gasteiger partial charge on any atom is 0.341 e. The number of carbonyl (C=O) groups excluding carboxylic acids is 1. The van der Waals surface area contributed by atoms with Crippen molar-refractivity contribution < 1.29 is 23.8 Å². The summed E-state index contributed by atoms with van der Waals surface area (Å²) in [5.74, 6) is -2.16. The zero-order chi connectivity index (χ0) is 13.3. The molecule has 17 heavy (non-hydrogen) atoms. The molecule has 0 aromatic rings. The van der Waals surface area contributed by atoms with E-state index in [9.17, 15) is 14.0 Å². The van der Waals surface area contributed by atoms with E-state index in [1.165, 1.54) is 0 Å². The first kappa shape index (κ1) is 13.9. The van der Waals surface area contributed by atoms with Gasteiger partial charge < -0.3 is 9.84 Å². The fourth-order valence-corrected chi connectivity index (χ4v) is 1.91. The molecule has 0 aromatic heterocycles. The van der Waals surface area contributed by atoms with Gasteiger partial charge in [0.05, 0.1) is 5.92 Å². The van der Waals surface area contributed by atoms with Crippen LogP contribution in [0.4, 0.5) is 4.39 Å². The fraction of sp³-hybridized carbons (Fsp3) is 0.833. The number of carboxylic acid groups (broad SMARTS) is 1. The Hall–Kier alpha value is -1.13. The third-order valence-corrected chi connectivity index (χ3v) is 2.90. The summed E-state index contributed by atoms with van der Waals surface area (Å²) in [4.78, 5) is 22.4. The van der Waals surface area contributed by atoms with Gasteiger partial charge in [0.25, 0.3) is 0 Å². The van der Waals surface area contributed by atoms with Crippen molar-refractivity contribution in [2.45, 2.75) is 57.7 Å². The first-order valence-electron chi connectivity index (χ1n) is 5.79. The Kier molecular flexibility index (Phi) is 3.79. The predicted octanol–water partition coefficient (Wildman–Crippen LogP) is 2.31. The van der Waals surface area contributed by atoms with Gasteiger partial charge in [-0.05, 0) is 46.5 Å². The summed E-state index contributed by atoms with van der Waals surface area (Å²) in [5.41, 5.74) is -2.73. The topological polar surface area (TPSA) is 63.6 Å². The number of ether oxygens (including phenoxy) is 1. The second-order valence-corrected chi connectivity index (χ2v) is 5.58. The molecule has 1 saturated carbocycles. The number of aliphatic carboxylic acids is 1. The number of hydrogen-bond donors (Lipinski definition) is 1. The summed E-state index contributed by atoms with van der Waals surface area (Å²) >= 11 is 0. The summed E-state index contributed by atoms with van der Waals surface area (Å²) in [6, 6.07) is 0. The SMILES string of the molecule is CC(C)(C)OC(=O)C1CCC(F)(C(=O)O)CC1. The van der Waals surface area contributed by atoms with Crippen LogP contribution >= 0.6 is 0 Å². The van der Waals surface area contributed by atoms with E-state index in [0.29, 0.717) is 0 Å². The van der Waals surface area contributed by atoms with Gasteiger partial charge in [-0.2, -0.15) is 0 Å². The van der Waals surface area contributed by atoms with Gasteiger partial charge in [0, 0.05) is 0 Å². The van der Waals surface area contributed by atoms with Crippen molar-refractivity contribution in [1.82, 2.24) is 0 Å². The fourth-order valence-electron chi connectivity index (χ4n) is 1.91. The lowest BCUT2D eigenvalue weighted by Crippen LogP contribution is -2.40. The summed E-state index contributed by atoms with van der Waals surface area (Å²) in [6.45, 7) is 5.30. The maximum absolute atomic E-state index is 13.7. The molecule has 5 heteroatoms. The first-order chi connectivity index (χ1) is 7.64. The molecule has 0 heterocycles. The lowest BCUT2D eigenvalue weighted by Gasteiger charge is -2.31. The third-order valence-electron chi connectivity index (χ3n) is 2.90. The molecule has 1 aliphatic rings. The number of rotatable bonds is 2. The van der Waals surface area contributed by atoms with Crippen molar-refractivity contribution in [3.05, 3.63) is 0 Å². The van der Waals surface area contributed by atoms with Crippen LogP contribution in [0.5, 0.6) is 0 Å². The van der Waals surface area contributed by atoms with Crippen LogP contribution in [-0.4, -0.2) is 28.3 Å². The van der Waals surface area contributed by atoms with Gasteiger partial charge in [0.2, 0.25) is 5.67 Å². The van der Waals surface area contributed by atoms with E-state index >= 15 is 0 Å². The summed E-state index contributed by atoms with van der Waals surface area (Å²) in [7, 11) is 0. The Balaban J connectivity index is 2.53. The Morgan fingerprint density at radius 3 is 2.12 bits per heavy atom. The second-order valence-electron chi connectivity index (χ2n) is 5.58. The molecule has 0 atom stereocenters. The highest BCUT2D eigenvalue weighted by Gasteiger charge is 2.44. The zero-order valence-electron chi connectivity index (χ0n) is 10.5. The Labute approximate surface area is 100 Å².